The van der Waals surface area contributed by atoms with Crippen LogP contribution in [0.1, 0.15) is 35.2 Å². The van der Waals surface area contributed by atoms with Gasteiger partial charge in [0.2, 0.25) is 15.9 Å². The van der Waals surface area contributed by atoms with Gasteiger partial charge in [-0.3, -0.25) is 9.10 Å². The highest BCUT2D eigenvalue weighted by atomic mass is 32.2. The Morgan fingerprint density at radius 2 is 1.62 bits per heavy atom. The Balaban J connectivity index is 2.18. The lowest BCUT2D eigenvalue weighted by Crippen LogP contribution is -2.41. The van der Waals surface area contributed by atoms with Crippen molar-refractivity contribution >= 4 is 21.6 Å². The third kappa shape index (κ3) is 5.08. The Morgan fingerprint density at radius 1 is 1.04 bits per heavy atom. The van der Waals surface area contributed by atoms with Crippen molar-refractivity contribution in [3.8, 4) is 0 Å². The molecule has 0 spiro atoms. The largest absolute Gasteiger partial charge is 0.348 e. The Bertz CT molecular complexity index is 890. The molecule has 0 aliphatic rings. The zero-order chi connectivity index (χ0) is 19.5. The van der Waals surface area contributed by atoms with Crippen LogP contribution in [0.25, 0.3) is 0 Å². The van der Waals surface area contributed by atoms with Crippen molar-refractivity contribution in [1.29, 1.82) is 0 Å². The summed E-state index contributed by atoms with van der Waals surface area (Å²) in [6.07, 6.45) is 1.11. The smallest absolute Gasteiger partial charge is 0.241 e. The zero-order valence-corrected chi connectivity index (χ0v) is 16.7. The third-order valence-electron chi connectivity index (χ3n) is 4.26. The number of hydrogen-bond acceptors (Lipinski definition) is 3. The Labute approximate surface area is 156 Å². The van der Waals surface area contributed by atoms with E-state index >= 15 is 0 Å². The van der Waals surface area contributed by atoms with Gasteiger partial charge in [-0.1, -0.05) is 47.5 Å². The molecule has 1 amide bonds. The summed E-state index contributed by atoms with van der Waals surface area (Å²) in [4.78, 5) is 12.5. The van der Waals surface area contributed by atoms with Crippen LogP contribution in [0.3, 0.4) is 0 Å². The number of nitrogens with zero attached hydrogens (tertiary/aromatic N) is 1. The molecule has 0 aromatic heterocycles. The lowest BCUT2D eigenvalue weighted by molar-refractivity contribution is -0.120. The van der Waals surface area contributed by atoms with Crippen molar-refractivity contribution in [2.75, 3.05) is 17.1 Å². The van der Waals surface area contributed by atoms with Crippen LogP contribution in [-0.4, -0.2) is 27.1 Å². The van der Waals surface area contributed by atoms with Crippen molar-refractivity contribution in [3.05, 3.63) is 64.7 Å². The first-order valence-corrected chi connectivity index (χ1v) is 10.3. The quantitative estimate of drug-likeness (QED) is 0.844. The minimum absolute atomic E-state index is 0.205. The summed E-state index contributed by atoms with van der Waals surface area (Å²) in [6, 6.07) is 13.2. The molecule has 2 rings (SSSR count). The Hall–Kier alpha value is -2.34. The Kier molecular flexibility index (Phi) is 6.08. The minimum atomic E-state index is -3.58. The molecule has 1 atom stereocenters. The molecule has 0 fully saturated rings. The van der Waals surface area contributed by atoms with Gasteiger partial charge in [0, 0.05) is 0 Å². The molecule has 0 bridgehead atoms. The zero-order valence-electron chi connectivity index (χ0n) is 15.9. The number of carbonyl (C=O) groups excluding carboxylic acids is 1. The average molecular weight is 375 g/mol. The number of sulfonamides is 1. The van der Waals surface area contributed by atoms with Crippen molar-refractivity contribution < 1.29 is 13.2 Å². The normalized spacial score (nSPS) is 12.5. The van der Waals surface area contributed by atoms with Crippen LogP contribution in [0.4, 0.5) is 5.69 Å². The van der Waals surface area contributed by atoms with Crippen LogP contribution in [0.15, 0.2) is 42.5 Å². The summed E-state index contributed by atoms with van der Waals surface area (Å²) in [6.45, 7) is 7.41. The standard InChI is InChI=1S/C20H26N2O3S/c1-14-6-9-18(10-7-14)17(4)21-20(23)13-22(26(5,24)25)19-11-8-15(2)12-16(19)3/h6-12,17H,13H2,1-5H3,(H,21,23)/t17-/m0/s1. The van der Waals surface area contributed by atoms with E-state index in [0.717, 1.165) is 32.8 Å². The van der Waals surface area contributed by atoms with Gasteiger partial charge in [-0.2, -0.15) is 0 Å². The molecule has 0 radical (unpaired) electrons. The van der Waals surface area contributed by atoms with E-state index in [0.29, 0.717) is 5.69 Å². The maximum atomic E-state index is 12.5. The summed E-state index contributed by atoms with van der Waals surface area (Å²) < 4.78 is 25.6. The van der Waals surface area contributed by atoms with E-state index in [1.807, 2.05) is 64.1 Å². The lowest BCUT2D eigenvalue weighted by atomic mass is 10.1. The number of rotatable bonds is 6. The molecule has 26 heavy (non-hydrogen) atoms. The molecule has 140 valence electrons. The van der Waals surface area contributed by atoms with Gasteiger partial charge in [0.25, 0.3) is 0 Å². The van der Waals surface area contributed by atoms with Gasteiger partial charge in [-0.25, -0.2) is 8.42 Å². The fraction of sp³-hybridized carbons (Fsp3) is 0.350. The van der Waals surface area contributed by atoms with Crippen molar-refractivity contribution in [2.24, 2.45) is 0 Å². The van der Waals surface area contributed by atoms with E-state index in [4.69, 9.17) is 0 Å². The van der Waals surface area contributed by atoms with E-state index in [9.17, 15) is 13.2 Å². The highest BCUT2D eigenvalue weighted by molar-refractivity contribution is 7.92. The van der Waals surface area contributed by atoms with Gasteiger partial charge in [0.15, 0.2) is 0 Å². The summed E-state index contributed by atoms with van der Waals surface area (Å²) in [5, 5.41) is 2.87. The number of carbonyl (C=O) groups is 1. The number of nitrogens with one attached hydrogen (secondary N) is 1. The fourth-order valence-corrected chi connectivity index (χ4v) is 3.74. The SMILES string of the molecule is Cc1ccc([C@H](C)NC(=O)CN(c2ccc(C)cc2C)S(C)(=O)=O)cc1. The van der Waals surface area contributed by atoms with Gasteiger partial charge in [0.1, 0.15) is 6.54 Å². The van der Waals surface area contributed by atoms with Crippen molar-refractivity contribution in [2.45, 2.75) is 33.7 Å². The van der Waals surface area contributed by atoms with Crippen LogP contribution < -0.4 is 9.62 Å². The second kappa shape index (κ2) is 7.91. The second-order valence-electron chi connectivity index (χ2n) is 6.76. The predicted octanol–water partition coefficient (Wildman–Crippen LogP) is 3.26. The van der Waals surface area contributed by atoms with E-state index in [1.165, 1.54) is 0 Å². The van der Waals surface area contributed by atoms with Crippen LogP contribution >= 0.6 is 0 Å². The molecule has 6 heteroatoms. The maximum Gasteiger partial charge on any atom is 0.241 e. The monoisotopic (exact) mass is 374 g/mol. The fourth-order valence-electron chi connectivity index (χ4n) is 2.82. The first kappa shape index (κ1) is 20.0. The minimum Gasteiger partial charge on any atom is -0.348 e. The van der Waals surface area contributed by atoms with Crippen LogP contribution in [0, 0.1) is 20.8 Å². The van der Waals surface area contributed by atoms with E-state index < -0.39 is 10.0 Å². The van der Waals surface area contributed by atoms with Gasteiger partial charge in [0.05, 0.1) is 18.0 Å². The summed E-state index contributed by atoms with van der Waals surface area (Å²) >= 11 is 0. The highest BCUT2D eigenvalue weighted by Crippen LogP contribution is 2.23. The molecule has 2 aromatic rings. The summed E-state index contributed by atoms with van der Waals surface area (Å²) in [7, 11) is -3.58. The number of hydrogen-bond donors (Lipinski definition) is 1. The molecule has 0 aliphatic heterocycles. The summed E-state index contributed by atoms with van der Waals surface area (Å²) in [5.74, 6) is -0.344. The third-order valence-corrected chi connectivity index (χ3v) is 5.39. The highest BCUT2D eigenvalue weighted by Gasteiger charge is 2.23. The Morgan fingerprint density at radius 3 is 2.15 bits per heavy atom. The van der Waals surface area contributed by atoms with E-state index in [1.54, 1.807) is 6.07 Å². The predicted molar refractivity (Wildman–Crippen MR) is 106 cm³/mol. The van der Waals surface area contributed by atoms with Crippen LogP contribution in [0.2, 0.25) is 0 Å². The second-order valence-corrected chi connectivity index (χ2v) is 8.67. The average Bonchev–Trinajstić information content (AvgIpc) is 2.53. The first-order chi connectivity index (χ1) is 12.1. The molecule has 0 aliphatic carbocycles. The molecule has 0 saturated carbocycles. The molecular formula is C20H26N2O3S. The molecular weight excluding hydrogens is 348 g/mol. The summed E-state index contributed by atoms with van der Waals surface area (Å²) in [5.41, 5.74) is 4.50. The molecule has 0 unspecified atom stereocenters. The van der Waals surface area contributed by atoms with Gasteiger partial charge in [-0.05, 0) is 44.9 Å². The van der Waals surface area contributed by atoms with E-state index in [2.05, 4.69) is 5.32 Å². The molecule has 5 nitrogen and oxygen atoms in total. The van der Waals surface area contributed by atoms with Gasteiger partial charge < -0.3 is 5.32 Å². The first-order valence-electron chi connectivity index (χ1n) is 8.49. The maximum absolute atomic E-state index is 12.5. The molecule has 0 saturated heterocycles. The topological polar surface area (TPSA) is 66.5 Å². The molecule has 0 heterocycles. The van der Waals surface area contributed by atoms with Crippen molar-refractivity contribution in [1.82, 2.24) is 5.32 Å². The number of aryl methyl sites for hydroxylation is 3. The van der Waals surface area contributed by atoms with Gasteiger partial charge in [-0.15, -0.1) is 0 Å². The van der Waals surface area contributed by atoms with Crippen LogP contribution in [-0.2, 0) is 14.8 Å². The van der Waals surface area contributed by atoms with Gasteiger partial charge >= 0.3 is 0 Å². The number of amides is 1. The lowest BCUT2D eigenvalue weighted by Gasteiger charge is -2.25. The molecule has 1 N–H and O–H groups in total. The van der Waals surface area contributed by atoms with E-state index in [-0.39, 0.29) is 18.5 Å². The van der Waals surface area contributed by atoms with Crippen LogP contribution in [0.5, 0.6) is 0 Å². The number of benzene rings is 2. The number of anilines is 1. The molecule has 2 aromatic carbocycles. The van der Waals surface area contributed by atoms with Crippen molar-refractivity contribution in [3.63, 3.8) is 0 Å².